The maximum Gasteiger partial charge on any atom is 0.218 e. The van der Waals surface area contributed by atoms with E-state index in [2.05, 4.69) is 29.6 Å². The number of carbonyl (C=O) groups excluding carboxylic acids is 1. The van der Waals surface area contributed by atoms with Crippen molar-refractivity contribution in [3.8, 4) is 0 Å². The quantitative estimate of drug-likeness (QED) is 0.837. The van der Waals surface area contributed by atoms with E-state index in [4.69, 9.17) is 5.73 Å². The van der Waals surface area contributed by atoms with E-state index < -0.39 is 0 Å². The van der Waals surface area contributed by atoms with Crippen molar-refractivity contribution < 1.29 is 4.79 Å². The number of primary amides is 1. The Balaban J connectivity index is 2.09. The van der Waals surface area contributed by atoms with Gasteiger partial charge >= 0.3 is 0 Å². The molecule has 3 heteroatoms. The van der Waals surface area contributed by atoms with E-state index in [1.165, 1.54) is 37.7 Å². The van der Waals surface area contributed by atoms with Crippen LogP contribution in [0.3, 0.4) is 0 Å². The fourth-order valence-electron chi connectivity index (χ4n) is 3.30. The first-order valence-electron chi connectivity index (χ1n) is 7.76. The summed E-state index contributed by atoms with van der Waals surface area (Å²) in [5.74, 6) is 0.432. The number of nitrogens with two attached hydrogens (primary N) is 1. The van der Waals surface area contributed by atoms with Crippen molar-refractivity contribution >= 4 is 5.91 Å². The second-order valence-corrected chi connectivity index (χ2v) is 6.02. The molecule has 0 aliphatic heterocycles. The number of carbonyl (C=O) groups is 1. The molecule has 2 atom stereocenters. The van der Waals surface area contributed by atoms with E-state index in [0.29, 0.717) is 18.4 Å². The first-order chi connectivity index (χ1) is 9.66. The Bertz CT molecular complexity index is 412. The van der Waals surface area contributed by atoms with Gasteiger partial charge in [-0.15, -0.1) is 0 Å². The standard InChI is InChI=1S/C17H26N2O/c1-13(12-16(18)20)19-17(14-8-4-2-5-9-14)15-10-6-3-7-11-15/h2,4-5,8-9,13,15,17,19H,3,6-7,10-12H2,1H3,(H2,18,20). The van der Waals surface area contributed by atoms with Crippen molar-refractivity contribution in [2.45, 2.75) is 57.5 Å². The van der Waals surface area contributed by atoms with Crippen molar-refractivity contribution in [1.82, 2.24) is 5.32 Å². The third-order valence-electron chi connectivity index (χ3n) is 4.25. The Labute approximate surface area is 121 Å². The predicted molar refractivity (Wildman–Crippen MR) is 82.2 cm³/mol. The Morgan fingerprint density at radius 2 is 1.90 bits per heavy atom. The van der Waals surface area contributed by atoms with Crippen molar-refractivity contribution in [2.24, 2.45) is 11.7 Å². The van der Waals surface area contributed by atoms with Gasteiger partial charge in [0.05, 0.1) is 0 Å². The molecular formula is C17H26N2O. The average Bonchev–Trinajstić information content (AvgIpc) is 2.46. The highest BCUT2D eigenvalue weighted by Crippen LogP contribution is 2.34. The van der Waals surface area contributed by atoms with Crippen LogP contribution in [0.4, 0.5) is 0 Å². The summed E-state index contributed by atoms with van der Waals surface area (Å²) in [5.41, 5.74) is 6.64. The van der Waals surface area contributed by atoms with E-state index in [-0.39, 0.29) is 11.9 Å². The lowest BCUT2D eigenvalue weighted by Crippen LogP contribution is -2.38. The van der Waals surface area contributed by atoms with Crippen LogP contribution in [0.15, 0.2) is 30.3 Å². The highest BCUT2D eigenvalue weighted by molar-refractivity contribution is 5.74. The number of hydrogen-bond acceptors (Lipinski definition) is 2. The zero-order chi connectivity index (χ0) is 14.4. The van der Waals surface area contributed by atoms with Crippen LogP contribution in [0.1, 0.15) is 57.1 Å². The van der Waals surface area contributed by atoms with E-state index >= 15 is 0 Å². The van der Waals surface area contributed by atoms with Gasteiger partial charge in [-0.3, -0.25) is 4.79 Å². The summed E-state index contributed by atoms with van der Waals surface area (Å²) in [7, 11) is 0. The lowest BCUT2D eigenvalue weighted by molar-refractivity contribution is -0.118. The molecule has 1 aliphatic carbocycles. The second kappa shape index (κ2) is 7.44. The van der Waals surface area contributed by atoms with Crippen LogP contribution in [-0.2, 0) is 4.79 Å². The molecule has 2 unspecified atom stereocenters. The molecule has 110 valence electrons. The average molecular weight is 274 g/mol. The first kappa shape index (κ1) is 15.0. The summed E-state index contributed by atoms with van der Waals surface area (Å²) >= 11 is 0. The molecule has 2 rings (SSSR count). The zero-order valence-electron chi connectivity index (χ0n) is 12.3. The lowest BCUT2D eigenvalue weighted by Gasteiger charge is -2.33. The minimum atomic E-state index is -0.236. The summed E-state index contributed by atoms with van der Waals surface area (Å²) in [5, 5.41) is 3.63. The number of hydrogen-bond donors (Lipinski definition) is 2. The van der Waals surface area contributed by atoms with Crippen molar-refractivity contribution in [3.63, 3.8) is 0 Å². The molecule has 1 saturated carbocycles. The second-order valence-electron chi connectivity index (χ2n) is 6.02. The van der Waals surface area contributed by atoms with Crippen LogP contribution in [-0.4, -0.2) is 11.9 Å². The lowest BCUT2D eigenvalue weighted by atomic mass is 9.81. The SMILES string of the molecule is CC(CC(N)=O)NC(c1ccccc1)C1CCCCC1. The van der Waals surface area contributed by atoms with Gasteiger partial charge < -0.3 is 11.1 Å². The van der Waals surface area contributed by atoms with Gasteiger partial charge in [-0.1, -0.05) is 49.6 Å². The summed E-state index contributed by atoms with van der Waals surface area (Å²) in [6.07, 6.45) is 6.94. The molecule has 3 N–H and O–H groups in total. The Kier molecular flexibility index (Phi) is 5.60. The van der Waals surface area contributed by atoms with Gasteiger partial charge in [-0.05, 0) is 31.2 Å². The van der Waals surface area contributed by atoms with Gasteiger partial charge in [0.25, 0.3) is 0 Å². The molecule has 0 heterocycles. The maximum atomic E-state index is 11.1. The number of nitrogens with one attached hydrogen (secondary N) is 1. The molecule has 0 radical (unpaired) electrons. The molecule has 20 heavy (non-hydrogen) atoms. The Morgan fingerprint density at radius 1 is 1.25 bits per heavy atom. The first-order valence-corrected chi connectivity index (χ1v) is 7.76. The van der Waals surface area contributed by atoms with E-state index in [1.807, 2.05) is 13.0 Å². The van der Waals surface area contributed by atoms with Crippen LogP contribution >= 0.6 is 0 Å². The van der Waals surface area contributed by atoms with Gasteiger partial charge in [-0.2, -0.15) is 0 Å². The summed E-state index contributed by atoms with van der Waals surface area (Å²) in [4.78, 5) is 11.1. The van der Waals surface area contributed by atoms with Gasteiger partial charge in [0.15, 0.2) is 0 Å². The predicted octanol–water partition coefficient (Wildman–Crippen LogP) is 3.16. The van der Waals surface area contributed by atoms with Gasteiger partial charge in [-0.25, -0.2) is 0 Å². The topological polar surface area (TPSA) is 55.1 Å². The van der Waals surface area contributed by atoms with Crippen LogP contribution in [0.25, 0.3) is 0 Å². The molecule has 0 spiro atoms. The molecule has 1 aromatic carbocycles. The third-order valence-corrected chi connectivity index (χ3v) is 4.25. The van der Waals surface area contributed by atoms with Gasteiger partial charge in [0.2, 0.25) is 5.91 Å². The fraction of sp³-hybridized carbons (Fsp3) is 0.588. The normalized spacial score (nSPS) is 19.4. The van der Waals surface area contributed by atoms with E-state index in [1.54, 1.807) is 0 Å². The van der Waals surface area contributed by atoms with Crippen LogP contribution in [0.5, 0.6) is 0 Å². The molecule has 1 amide bonds. The molecule has 0 saturated heterocycles. The highest BCUT2D eigenvalue weighted by atomic mass is 16.1. The molecular weight excluding hydrogens is 248 g/mol. The molecule has 0 aromatic heterocycles. The fourth-order valence-corrected chi connectivity index (χ4v) is 3.30. The van der Waals surface area contributed by atoms with Crippen LogP contribution < -0.4 is 11.1 Å². The molecule has 3 nitrogen and oxygen atoms in total. The van der Waals surface area contributed by atoms with Gasteiger partial charge in [0, 0.05) is 18.5 Å². The highest BCUT2D eigenvalue weighted by Gasteiger charge is 2.26. The van der Waals surface area contributed by atoms with Crippen LogP contribution in [0, 0.1) is 5.92 Å². The third kappa shape index (κ3) is 4.34. The van der Waals surface area contributed by atoms with Crippen LogP contribution in [0.2, 0.25) is 0 Å². The van der Waals surface area contributed by atoms with Crippen molar-refractivity contribution in [2.75, 3.05) is 0 Å². The van der Waals surface area contributed by atoms with E-state index in [0.717, 1.165) is 0 Å². The molecule has 1 fully saturated rings. The van der Waals surface area contributed by atoms with Crippen molar-refractivity contribution in [3.05, 3.63) is 35.9 Å². The minimum absolute atomic E-state index is 0.125. The largest absolute Gasteiger partial charge is 0.370 e. The smallest absolute Gasteiger partial charge is 0.218 e. The zero-order valence-corrected chi connectivity index (χ0v) is 12.3. The summed E-state index contributed by atoms with van der Waals surface area (Å²) < 4.78 is 0. The Morgan fingerprint density at radius 3 is 2.50 bits per heavy atom. The maximum absolute atomic E-state index is 11.1. The van der Waals surface area contributed by atoms with Gasteiger partial charge in [0.1, 0.15) is 0 Å². The minimum Gasteiger partial charge on any atom is -0.370 e. The summed E-state index contributed by atoms with van der Waals surface area (Å²) in [6.45, 7) is 2.05. The summed E-state index contributed by atoms with van der Waals surface area (Å²) in [6, 6.07) is 11.1. The van der Waals surface area contributed by atoms with E-state index in [9.17, 15) is 4.79 Å². The monoisotopic (exact) mass is 274 g/mol. The number of benzene rings is 1. The number of amides is 1. The molecule has 1 aliphatic rings. The van der Waals surface area contributed by atoms with Crippen molar-refractivity contribution in [1.29, 1.82) is 0 Å². The molecule has 1 aromatic rings. The Hall–Kier alpha value is -1.35. The number of rotatable bonds is 6. The molecule has 0 bridgehead atoms.